The van der Waals surface area contributed by atoms with Crippen LogP contribution in [0, 0.1) is 5.92 Å². The van der Waals surface area contributed by atoms with Crippen LogP contribution < -0.4 is 4.74 Å². The monoisotopic (exact) mass is 208 g/mol. The SMILES string of the molecule is CCOCc1ccccc1OCC(C)C. The Morgan fingerprint density at radius 1 is 1.20 bits per heavy atom. The van der Waals surface area contributed by atoms with Crippen LogP contribution in [-0.4, -0.2) is 13.2 Å². The molecule has 0 bridgehead atoms. The van der Waals surface area contributed by atoms with Crippen LogP contribution in [0.5, 0.6) is 5.75 Å². The van der Waals surface area contributed by atoms with Crippen LogP contribution in [0.15, 0.2) is 24.3 Å². The molecule has 0 heterocycles. The average Bonchev–Trinajstić information content (AvgIpc) is 2.24. The van der Waals surface area contributed by atoms with Gasteiger partial charge in [0.25, 0.3) is 0 Å². The fraction of sp³-hybridized carbons (Fsp3) is 0.538. The molecule has 1 aromatic carbocycles. The van der Waals surface area contributed by atoms with E-state index in [1.54, 1.807) is 0 Å². The topological polar surface area (TPSA) is 18.5 Å². The summed E-state index contributed by atoms with van der Waals surface area (Å²) in [6.07, 6.45) is 0. The zero-order chi connectivity index (χ0) is 11.1. The first-order chi connectivity index (χ1) is 7.24. The quantitative estimate of drug-likeness (QED) is 0.714. The van der Waals surface area contributed by atoms with Gasteiger partial charge in [0.1, 0.15) is 5.75 Å². The molecule has 0 N–H and O–H groups in total. The molecule has 84 valence electrons. The Morgan fingerprint density at radius 3 is 2.60 bits per heavy atom. The predicted molar refractivity (Wildman–Crippen MR) is 62.1 cm³/mol. The number of hydrogen-bond acceptors (Lipinski definition) is 2. The third-order valence-electron chi connectivity index (χ3n) is 2.01. The molecule has 0 aromatic heterocycles. The maximum Gasteiger partial charge on any atom is 0.124 e. The van der Waals surface area contributed by atoms with E-state index in [9.17, 15) is 0 Å². The lowest BCUT2D eigenvalue weighted by molar-refractivity contribution is 0.130. The second-order valence-electron chi connectivity index (χ2n) is 3.95. The molecule has 0 unspecified atom stereocenters. The molecule has 0 saturated heterocycles. The van der Waals surface area contributed by atoms with Crippen LogP contribution in [0.25, 0.3) is 0 Å². The van der Waals surface area contributed by atoms with Crippen molar-refractivity contribution in [1.29, 1.82) is 0 Å². The number of para-hydroxylation sites is 1. The normalized spacial score (nSPS) is 10.7. The molecule has 15 heavy (non-hydrogen) atoms. The van der Waals surface area contributed by atoms with Crippen LogP contribution in [0.4, 0.5) is 0 Å². The van der Waals surface area contributed by atoms with E-state index in [2.05, 4.69) is 13.8 Å². The van der Waals surface area contributed by atoms with Gasteiger partial charge in [-0.05, 0) is 18.9 Å². The van der Waals surface area contributed by atoms with E-state index in [1.807, 2.05) is 31.2 Å². The second-order valence-corrected chi connectivity index (χ2v) is 3.95. The lowest BCUT2D eigenvalue weighted by Gasteiger charge is -2.12. The zero-order valence-electron chi connectivity index (χ0n) is 9.82. The molecule has 1 rings (SSSR count). The highest BCUT2D eigenvalue weighted by Gasteiger charge is 2.03. The molecular weight excluding hydrogens is 188 g/mol. The third-order valence-corrected chi connectivity index (χ3v) is 2.01. The van der Waals surface area contributed by atoms with Gasteiger partial charge >= 0.3 is 0 Å². The summed E-state index contributed by atoms with van der Waals surface area (Å²) in [6.45, 7) is 8.40. The van der Waals surface area contributed by atoms with Crippen LogP contribution in [0.2, 0.25) is 0 Å². The van der Waals surface area contributed by atoms with Gasteiger partial charge < -0.3 is 9.47 Å². The summed E-state index contributed by atoms with van der Waals surface area (Å²) in [5.74, 6) is 1.49. The Bertz CT molecular complexity index is 282. The Hall–Kier alpha value is -1.02. The summed E-state index contributed by atoms with van der Waals surface area (Å²) in [6, 6.07) is 8.05. The fourth-order valence-corrected chi connectivity index (χ4v) is 1.23. The highest BCUT2D eigenvalue weighted by molar-refractivity contribution is 5.32. The minimum absolute atomic E-state index is 0.546. The molecule has 2 heteroatoms. The van der Waals surface area contributed by atoms with E-state index < -0.39 is 0 Å². The lowest BCUT2D eigenvalue weighted by atomic mass is 10.2. The standard InChI is InChI=1S/C13H20O2/c1-4-14-10-12-7-5-6-8-13(12)15-9-11(2)3/h5-8,11H,4,9-10H2,1-3H3. The van der Waals surface area contributed by atoms with Crippen molar-refractivity contribution in [3.05, 3.63) is 29.8 Å². The highest BCUT2D eigenvalue weighted by atomic mass is 16.5. The first kappa shape index (κ1) is 12.1. The summed E-state index contributed by atoms with van der Waals surface area (Å²) in [5.41, 5.74) is 1.12. The van der Waals surface area contributed by atoms with Gasteiger partial charge in [0.15, 0.2) is 0 Å². The first-order valence-corrected chi connectivity index (χ1v) is 5.52. The molecule has 1 aromatic rings. The third kappa shape index (κ3) is 4.34. The molecular formula is C13H20O2. The Labute approximate surface area is 92.2 Å². The van der Waals surface area contributed by atoms with Crippen molar-refractivity contribution in [3.8, 4) is 5.75 Å². The van der Waals surface area contributed by atoms with Gasteiger partial charge in [0.2, 0.25) is 0 Å². The van der Waals surface area contributed by atoms with Crippen LogP contribution in [0.1, 0.15) is 26.3 Å². The average molecular weight is 208 g/mol. The number of rotatable bonds is 6. The van der Waals surface area contributed by atoms with Gasteiger partial charge in [-0.15, -0.1) is 0 Å². The van der Waals surface area contributed by atoms with E-state index in [0.29, 0.717) is 12.5 Å². The molecule has 0 saturated carbocycles. The van der Waals surface area contributed by atoms with Crippen molar-refractivity contribution in [2.24, 2.45) is 5.92 Å². The number of benzene rings is 1. The molecule has 0 fully saturated rings. The predicted octanol–water partition coefficient (Wildman–Crippen LogP) is 3.26. The molecule has 0 amide bonds. The van der Waals surface area contributed by atoms with Crippen molar-refractivity contribution >= 4 is 0 Å². The smallest absolute Gasteiger partial charge is 0.124 e. The van der Waals surface area contributed by atoms with Gasteiger partial charge in [-0.1, -0.05) is 32.0 Å². The van der Waals surface area contributed by atoms with E-state index in [0.717, 1.165) is 24.5 Å². The van der Waals surface area contributed by atoms with Crippen molar-refractivity contribution in [1.82, 2.24) is 0 Å². The Balaban J connectivity index is 2.59. The first-order valence-electron chi connectivity index (χ1n) is 5.52. The summed E-state index contributed by atoms with van der Waals surface area (Å²) in [4.78, 5) is 0. The van der Waals surface area contributed by atoms with Gasteiger partial charge in [-0.2, -0.15) is 0 Å². The largest absolute Gasteiger partial charge is 0.493 e. The van der Waals surface area contributed by atoms with Crippen LogP contribution >= 0.6 is 0 Å². The molecule has 0 aliphatic heterocycles. The molecule has 0 atom stereocenters. The molecule has 0 radical (unpaired) electrons. The Kier molecular flexibility index (Phi) is 5.19. The van der Waals surface area contributed by atoms with Gasteiger partial charge in [-0.3, -0.25) is 0 Å². The van der Waals surface area contributed by atoms with Crippen molar-refractivity contribution in [3.63, 3.8) is 0 Å². The fourth-order valence-electron chi connectivity index (χ4n) is 1.23. The molecule has 0 aliphatic rings. The van der Waals surface area contributed by atoms with E-state index in [4.69, 9.17) is 9.47 Å². The molecule has 0 aliphatic carbocycles. The second kappa shape index (κ2) is 6.46. The zero-order valence-corrected chi connectivity index (χ0v) is 9.82. The van der Waals surface area contributed by atoms with Crippen LogP contribution in [-0.2, 0) is 11.3 Å². The van der Waals surface area contributed by atoms with Gasteiger partial charge in [0.05, 0.1) is 13.2 Å². The minimum atomic E-state index is 0.546. The number of hydrogen-bond donors (Lipinski definition) is 0. The maximum atomic E-state index is 5.72. The highest BCUT2D eigenvalue weighted by Crippen LogP contribution is 2.19. The summed E-state index contributed by atoms with van der Waals surface area (Å²) >= 11 is 0. The Morgan fingerprint density at radius 2 is 1.93 bits per heavy atom. The minimum Gasteiger partial charge on any atom is -0.493 e. The molecule has 0 spiro atoms. The van der Waals surface area contributed by atoms with E-state index >= 15 is 0 Å². The van der Waals surface area contributed by atoms with E-state index in [-0.39, 0.29) is 0 Å². The van der Waals surface area contributed by atoms with E-state index in [1.165, 1.54) is 0 Å². The van der Waals surface area contributed by atoms with Crippen molar-refractivity contribution < 1.29 is 9.47 Å². The van der Waals surface area contributed by atoms with Crippen molar-refractivity contribution in [2.75, 3.05) is 13.2 Å². The lowest BCUT2D eigenvalue weighted by Crippen LogP contribution is -2.06. The number of ether oxygens (including phenoxy) is 2. The van der Waals surface area contributed by atoms with Crippen molar-refractivity contribution in [2.45, 2.75) is 27.4 Å². The molecule has 2 nitrogen and oxygen atoms in total. The summed E-state index contributed by atoms with van der Waals surface area (Å²) < 4.78 is 11.1. The van der Waals surface area contributed by atoms with Crippen LogP contribution in [0.3, 0.4) is 0 Å². The van der Waals surface area contributed by atoms with Gasteiger partial charge in [-0.25, -0.2) is 0 Å². The summed E-state index contributed by atoms with van der Waals surface area (Å²) in [7, 11) is 0. The summed E-state index contributed by atoms with van der Waals surface area (Å²) in [5, 5.41) is 0. The maximum absolute atomic E-state index is 5.72. The van der Waals surface area contributed by atoms with Gasteiger partial charge in [0, 0.05) is 12.2 Å².